The highest BCUT2D eigenvalue weighted by molar-refractivity contribution is 9.11. The number of thiophene rings is 2. The summed E-state index contributed by atoms with van der Waals surface area (Å²) in [5.41, 5.74) is 0. The van der Waals surface area contributed by atoms with E-state index in [-0.39, 0.29) is 0 Å². The summed E-state index contributed by atoms with van der Waals surface area (Å²) in [6.07, 6.45) is 0. The number of hydrogen-bond acceptors (Lipinski definition) is 2. The van der Waals surface area contributed by atoms with Crippen LogP contribution in [0.5, 0.6) is 0 Å². The summed E-state index contributed by atoms with van der Waals surface area (Å²) in [6, 6.07) is 8.74. The van der Waals surface area contributed by atoms with Crippen LogP contribution in [0.1, 0.15) is 0 Å². The lowest BCUT2D eigenvalue weighted by Gasteiger charge is -1.90. The monoisotopic (exact) mass is 346 g/mol. The van der Waals surface area contributed by atoms with Gasteiger partial charge < -0.3 is 0 Å². The van der Waals surface area contributed by atoms with Crippen molar-refractivity contribution >= 4 is 74.7 Å². The summed E-state index contributed by atoms with van der Waals surface area (Å²) in [7, 11) is 0. The lowest BCUT2D eigenvalue weighted by molar-refractivity contribution is 1.97. The molecule has 0 bridgehead atoms. The van der Waals surface area contributed by atoms with Crippen molar-refractivity contribution in [3.63, 3.8) is 0 Å². The van der Waals surface area contributed by atoms with Gasteiger partial charge in [-0.15, -0.1) is 22.7 Å². The fourth-order valence-corrected chi connectivity index (χ4v) is 4.80. The lowest BCUT2D eigenvalue weighted by Crippen LogP contribution is -1.62. The molecule has 0 fully saturated rings. The highest BCUT2D eigenvalue weighted by atomic mass is 79.9. The fourth-order valence-electron chi connectivity index (χ4n) is 1.55. The molecule has 0 aliphatic carbocycles. The van der Waals surface area contributed by atoms with Crippen molar-refractivity contribution in [3.8, 4) is 0 Å². The molecule has 0 atom stereocenters. The van der Waals surface area contributed by atoms with Crippen LogP contribution in [-0.2, 0) is 0 Å². The molecule has 0 radical (unpaired) electrons. The van der Waals surface area contributed by atoms with E-state index in [1.807, 2.05) is 0 Å². The Hall–Kier alpha value is 0.1000. The summed E-state index contributed by atoms with van der Waals surface area (Å²) in [5.74, 6) is 0. The van der Waals surface area contributed by atoms with Crippen LogP contribution < -0.4 is 0 Å². The maximum atomic E-state index is 3.53. The molecule has 2 aromatic heterocycles. The Morgan fingerprint density at radius 3 is 2.57 bits per heavy atom. The SMILES string of the molecule is Brc1cc2c(ccc3cc(Br)sc32)s1. The Morgan fingerprint density at radius 1 is 0.929 bits per heavy atom. The van der Waals surface area contributed by atoms with Gasteiger partial charge in [0.2, 0.25) is 0 Å². The maximum Gasteiger partial charge on any atom is 0.0711 e. The van der Waals surface area contributed by atoms with Crippen molar-refractivity contribution < 1.29 is 0 Å². The smallest absolute Gasteiger partial charge is 0.0711 e. The third kappa shape index (κ3) is 1.36. The molecule has 0 nitrogen and oxygen atoms in total. The Bertz CT molecular complexity index is 566. The van der Waals surface area contributed by atoms with Crippen LogP contribution >= 0.6 is 54.5 Å². The first-order chi connectivity index (χ1) is 6.74. The van der Waals surface area contributed by atoms with Crippen molar-refractivity contribution in [2.45, 2.75) is 0 Å². The molecular formula is C10H4Br2S2. The Balaban J connectivity index is 2.58. The van der Waals surface area contributed by atoms with Gasteiger partial charge in [0, 0.05) is 14.8 Å². The molecule has 3 rings (SSSR count). The number of rotatable bonds is 0. The minimum Gasteiger partial charge on any atom is -0.128 e. The molecule has 3 aromatic rings. The molecule has 0 spiro atoms. The minimum atomic E-state index is 1.20. The van der Waals surface area contributed by atoms with Crippen molar-refractivity contribution in [3.05, 3.63) is 31.8 Å². The van der Waals surface area contributed by atoms with Gasteiger partial charge in [0.25, 0.3) is 0 Å². The molecule has 0 N–H and O–H groups in total. The van der Waals surface area contributed by atoms with E-state index < -0.39 is 0 Å². The molecular weight excluding hydrogens is 344 g/mol. The molecule has 0 aliphatic heterocycles. The summed E-state index contributed by atoms with van der Waals surface area (Å²) in [5, 5.41) is 2.68. The van der Waals surface area contributed by atoms with Crippen LogP contribution in [0.25, 0.3) is 20.2 Å². The van der Waals surface area contributed by atoms with Crippen molar-refractivity contribution in [1.82, 2.24) is 0 Å². The summed E-state index contributed by atoms with van der Waals surface area (Å²) < 4.78 is 5.11. The highest BCUT2D eigenvalue weighted by Crippen LogP contribution is 2.39. The van der Waals surface area contributed by atoms with E-state index in [1.165, 1.54) is 27.7 Å². The van der Waals surface area contributed by atoms with Gasteiger partial charge in [0.15, 0.2) is 0 Å². The third-order valence-corrected chi connectivity index (χ3v) is 5.41. The van der Waals surface area contributed by atoms with Crippen LogP contribution in [0.2, 0.25) is 0 Å². The van der Waals surface area contributed by atoms with E-state index in [0.717, 1.165) is 0 Å². The molecule has 0 aliphatic rings. The zero-order valence-corrected chi connectivity index (χ0v) is 11.7. The highest BCUT2D eigenvalue weighted by Gasteiger charge is 2.06. The quantitative estimate of drug-likeness (QED) is 0.493. The second kappa shape index (κ2) is 3.30. The molecule has 70 valence electrons. The van der Waals surface area contributed by atoms with Crippen molar-refractivity contribution in [2.75, 3.05) is 0 Å². The molecule has 1 aromatic carbocycles. The van der Waals surface area contributed by atoms with Gasteiger partial charge >= 0.3 is 0 Å². The lowest BCUT2D eigenvalue weighted by atomic mass is 10.2. The second-order valence-corrected chi connectivity index (χ2v) is 7.89. The molecule has 2 heterocycles. The fraction of sp³-hybridized carbons (Fsp3) is 0. The molecule has 4 heteroatoms. The van der Waals surface area contributed by atoms with Gasteiger partial charge in [0.1, 0.15) is 0 Å². The third-order valence-electron chi connectivity index (χ3n) is 2.12. The topological polar surface area (TPSA) is 0 Å². The molecule has 0 saturated heterocycles. The van der Waals surface area contributed by atoms with Gasteiger partial charge in [0.05, 0.1) is 7.57 Å². The number of benzene rings is 1. The van der Waals surface area contributed by atoms with Crippen molar-refractivity contribution in [2.24, 2.45) is 0 Å². The predicted octanol–water partition coefficient (Wildman–Crippen LogP) is 5.64. The van der Waals surface area contributed by atoms with Crippen molar-refractivity contribution in [1.29, 1.82) is 0 Å². The zero-order valence-electron chi connectivity index (χ0n) is 6.88. The predicted molar refractivity (Wildman–Crippen MR) is 72.6 cm³/mol. The zero-order chi connectivity index (χ0) is 9.71. The van der Waals surface area contributed by atoms with Crippen LogP contribution in [0, 0.1) is 0 Å². The van der Waals surface area contributed by atoms with Gasteiger partial charge in [-0.3, -0.25) is 0 Å². The first-order valence-electron chi connectivity index (χ1n) is 4.01. The van der Waals surface area contributed by atoms with E-state index >= 15 is 0 Å². The summed E-state index contributed by atoms with van der Waals surface area (Å²) >= 11 is 10.6. The molecule has 0 saturated carbocycles. The number of fused-ring (bicyclic) bond motifs is 3. The Morgan fingerprint density at radius 2 is 1.71 bits per heavy atom. The summed E-state index contributed by atoms with van der Waals surface area (Å²) in [6.45, 7) is 0. The number of hydrogen-bond donors (Lipinski definition) is 0. The number of halogens is 2. The standard InChI is InChI=1S/C10H4Br2S2/c11-8-3-5-1-2-7-6(10(5)14-8)4-9(12)13-7/h1-4H. The van der Waals surface area contributed by atoms with E-state index in [9.17, 15) is 0 Å². The minimum absolute atomic E-state index is 1.20. The molecule has 0 amide bonds. The normalized spacial score (nSPS) is 11.6. The Labute approximate surface area is 106 Å². The van der Waals surface area contributed by atoms with Gasteiger partial charge in [-0.1, -0.05) is 6.07 Å². The van der Waals surface area contributed by atoms with Gasteiger partial charge in [-0.2, -0.15) is 0 Å². The average molecular weight is 348 g/mol. The Kier molecular flexibility index (Phi) is 2.20. The van der Waals surface area contributed by atoms with E-state index in [4.69, 9.17) is 0 Å². The van der Waals surface area contributed by atoms with Crippen LogP contribution in [-0.4, -0.2) is 0 Å². The average Bonchev–Trinajstić information content (AvgIpc) is 2.65. The van der Waals surface area contributed by atoms with Gasteiger partial charge in [-0.05, 0) is 55.4 Å². The molecule has 0 unspecified atom stereocenters. The van der Waals surface area contributed by atoms with Crippen LogP contribution in [0.4, 0.5) is 0 Å². The van der Waals surface area contributed by atoms with Crippen LogP contribution in [0.15, 0.2) is 31.8 Å². The second-order valence-electron chi connectivity index (χ2n) is 3.00. The molecule has 14 heavy (non-hydrogen) atoms. The first-order valence-corrected chi connectivity index (χ1v) is 7.23. The van der Waals surface area contributed by atoms with Crippen LogP contribution in [0.3, 0.4) is 0 Å². The maximum absolute atomic E-state index is 3.53. The van der Waals surface area contributed by atoms with E-state index in [0.29, 0.717) is 0 Å². The largest absolute Gasteiger partial charge is 0.128 e. The van der Waals surface area contributed by atoms with Gasteiger partial charge in [-0.25, -0.2) is 0 Å². The summed E-state index contributed by atoms with van der Waals surface area (Å²) in [4.78, 5) is 0. The first kappa shape index (κ1) is 9.33. The van der Waals surface area contributed by atoms with E-state index in [2.05, 4.69) is 56.1 Å². The van der Waals surface area contributed by atoms with E-state index in [1.54, 1.807) is 22.7 Å².